The van der Waals surface area contributed by atoms with Crippen LogP contribution in [0.3, 0.4) is 0 Å². The molecule has 1 saturated heterocycles. The minimum atomic E-state index is 0.422. The maximum absolute atomic E-state index is 5.90. The lowest BCUT2D eigenvalue weighted by molar-refractivity contribution is 0.138. The normalized spacial score (nSPS) is 43.8. The first-order valence-electron chi connectivity index (χ1n) is 4.07. The molecule has 0 spiro atoms. The van der Waals surface area contributed by atoms with Crippen LogP contribution in [-0.2, 0) is 0 Å². The molecule has 0 aliphatic carbocycles. The van der Waals surface area contributed by atoms with Gasteiger partial charge in [0, 0.05) is 18.6 Å². The number of hydrogen-bond acceptors (Lipinski definition) is 2. The van der Waals surface area contributed by atoms with Crippen LogP contribution in [0.5, 0.6) is 0 Å². The van der Waals surface area contributed by atoms with Gasteiger partial charge in [0.15, 0.2) is 0 Å². The highest BCUT2D eigenvalue weighted by molar-refractivity contribution is 4.83. The van der Waals surface area contributed by atoms with E-state index in [1.54, 1.807) is 0 Å². The van der Waals surface area contributed by atoms with Gasteiger partial charge in [-0.25, -0.2) is 0 Å². The summed E-state index contributed by atoms with van der Waals surface area (Å²) in [6.45, 7) is 5.63. The van der Waals surface area contributed by atoms with Crippen LogP contribution < -0.4 is 5.73 Å². The Labute approximate surface area is 63.4 Å². The lowest BCUT2D eigenvalue weighted by Gasteiger charge is -2.37. The van der Waals surface area contributed by atoms with E-state index >= 15 is 0 Å². The van der Waals surface area contributed by atoms with Crippen LogP contribution in [0, 0.1) is 5.92 Å². The summed E-state index contributed by atoms with van der Waals surface area (Å²) in [6.07, 6.45) is 1.15. The summed E-state index contributed by atoms with van der Waals surface area (Å²) in [5.41, 5.74) is 5.90. The second-order valence-electron chi connectivity index (χ2n) is 3.67. The molecule has 1 fully saturated rings. The van der Waals surface area contributed by atoms with E-state index in [0.717, 1.165) is 13.0 Å². The largest absolute Gasteiger partial charge is 0.327 e. The van der Waals surface area contributed by atoms with Gasteiger partial charge in [0.25, 0.3) is 0 Å². The number of rotatable bonds is 0. The summed E-state index contributed by atoms with van der Waals surface area (Å²) >= 11 is 0. The Morgan fingerprint density at radius 2 is 2.00 bits per heavy atom. The highest BCUT2D eigenvalue weighted by atomic mass is 15.1. The Morgan fingerprint density at radius 1 is 1.40 bits per heavy atom. The van der Waals surface area contributed by atoms with Crippen molar-refractivity contribution in [2.24, 2.45) is 11.7 Å². The van der Waals surface area contributed by atoms with Gasteiger partial charge in [0.2, 0.25) is 0 Å². The van der Waals surface area contributed by atoms with Gasteiger partial charge >= 0.3 is 0 Å². The molecule has 2 N–H and O–H groups in total. The molecule has 0 bridgehead atoms. The van der Waals surface area contributed by atoms with Crippen molar-refractivity contribution in [1.29, 1.82) is 0 Å². The van der Waals surface area contributed by atoms with Crippen LogP contribution in [0.25, 0.3) is 0 Å². The molecule has 0 saturated carbocycles. The second kappa shape index (κ2) is 2.89. The standard InChI is InChI=1S/C8H18N2/c1-6-5-10(3)7(2)4-8(6)9/h6-8H,4-5,9H2,1-3H3/t6-,7-,8+/m1/s1. The number of nitrogens with two attached hydrogens (primary N) is 1. The fraction of sp³-hybridized carbons (Fsp3) is 1.00. The third-order valence-electron chi connectivity index (χ3n) is 2.67. The van der Waals surface area contributed by atoms with E-state index < -0.39 is 0 Å². The van der Waals surface area contributed by atoms with Gasteiger partial charge < -0.3 is 10.6 Å². The summed E-state index contributed by atoms with van der Waals surface area (Å²) < 4.78 is 0. The van der Waals surface area contributed by atoms with Gasteiger partial charge in [-0.05, 0) is 26.3 Å². The first-order chi connectivity index (χ1) is 4.61. The van der Waals surface area contributed by atoms with Gasteiger partial charge in [0.1, 0.15) is 0 Å². The number of piperidine rings is 1. The average Bonchev–Trinajstić information content (AvgIpc) is 1.84. The van der Waals surface area contributed by atoms with E-state index in [1.165, 1.54) is 0 Å². The molecule has 0 aromatic heterocycles. The molecule has 2 heteroatoms. The summed E-state index contributed by atoms with van der Waals surface area (Å²) in [5, 5.41) is 0. The van der Waals surface area contributed by atoms with Crippen molar-refractivity contribution < 1.29 is 0 Å². The van der Waals surface area contributed by atoms with Crippen LogP contribution >= 0.6 is 0 Å². The lowest BCUT2D eigenvalue weighted by atomic mass is 9.91. The zero-order valence-electron chi connectivity index (χ0n) is 7.17. The summed E-state index contributed by atoms with van der Waals surface area (Å²) in [7, 11) is 2.17. The Kier molecular flexibility index (Phi) is 2.32. The van der Waals surface area contributed by atoms with Gasteiger partial charge in [-0.2, -0.15) is 0 Å². The van der Waals surface area contributed by atoms with Crippen molar-refractivity contribution >= 4 is 0 Å². The monoisotopic (exact) mass is 142 g/mol. The third kappa shape index (κ3) is 1.50. The molecule has 1 heterocycles. The lowest BCUT2D eigenvalue weighted by Crippen LogP contribution is -2.48. The molecular formula is C8H18N2. The maximum Gasteiger partial charge on any atom is 0.00915 e. The first kappa shape index (κ1) is 8.02. The third-order valence-corrected chi connectivity index (χ3v) is 2.67. The van der Waals surface area contributed by atoms with Crippen molar-refractivity contribution in [3.05, 3.63) is 0 Å². The topological polar surface area (TPSA) is 29.3 Å². The van der Waals surface area contributed by atoms with Gasteiger partial charge in [-0.1, -0.05) is 6.92 Å². The SMILES string of the molecule is C[C@@H]1CN(C)[C@H](C)C[C@@H]1N. The van der Waals surface area contributed by atoms with Crippen molar-refractivity contribution in [3.63, 3.8) is 0 Å². The predicted octanol–water partition coefficient (Wildman–Crippen LogP) is 0.674. The molecule has 0 aromatic carbocycles. The summed E-state index contributed by atoms with van der Waals surface area (Å²) in [5.74, 6) is 0.668. The van der Waals surface area contributed by atoms with Gasteiger partial charge in [0.05, 0.1) is 0 Å². The van der Waals surface area contributed by atoms with E-state index in [-0.39, 0.29) is 0 Å². The smallest absolute Gasteiger partial charge is 0.00915 e. The molecule has 0 aromatic rings. The van der Waals surface area contributed by atoms with E-state index in [0.29, 0.717) is 18.0 Å². The van der Waals surface area contributed by atoms with Crippen LogP contribution in [0.15, 0.2) is 0 Å². The van der Waals surface area contributed by atoms with Crippen LogP contribution in [-0.4, -0.2) is 30.6 Å². The van der Waals surface area contributed by atoms with Crippen molar-refractivity contribution in [3.8, 4) is 0 Å². The van der Waals surface area contributed by atoms with E-state index in [4.69, 9.17) is 5.73 Å². The molecule has 10 heavy (non-hydrogen) atoms. The van der Waals surface area contributed by atoms with Gasteiger partial charge in [-0.3, -0.25) is 0 Å². The minimum Gasteiger partial charge on any atom is -0.327 e. The molecule has 60 valence electrons. The van der Waals surface area contributed by atoms with Crippen molar-refractivity contribution in [2.45, 2.75) is 32.4 Å². The number of nitrogens with zero attached hydrogens (tertiary/aromatic N) is 1. The highest BCUT2D eigenvalue weighted by Crippen LogP contribution is 2.18. The number of likely N-dealkylation sites (tertiary alicyclic amines) is 1. The average molecular weight is 142 g/mol. The van der Waals surface area contributed by atoms with E-state index in [2.05, 4.69) is 25.8 Å². The molecule has 1 aliphatic rings. The minimum absolute atomic E-state index is 0.422. The Hall–Kier alpha value is -0.0800. The molecule has 1 aliphatic heterocycles. The van der Waals surface area contributed by atoms with E-state index in [9.17, 15) is 0 Å². The Morgan fingerprint density at radius 3 is 2.50 bits per heavy atom. The van der Waals surface area contributed by atoms with Crippen molar-refractivity contribution in [1.82, 2.24) is 4.90 Å². The zero-order chi connectivity index (χ0) is 7.72. The van der Waals surface area contributed by atoms with Crippen LogP contribution in [0.4, 0.5) is 0 Å². The van der Waals surface area contributed by atoms with Gasteiger partial charge in [-0.15, -0.1) is 0 Å². The van der Waals surface area contributed by atoms with Crippen LogP contribution in [0.1, 0.15) is 20.3 Å². The van der Waals surface area contributed by atoms with E-state index in [1.807, 2.05) is 0 Å². The molecule has 0 amide bonds. The number of hydrogen-bond donors (Lipinski definition) is 1. The highest BCUT2D eigenvalue weighted by Gasteiger charge is 2.25. The summed E-state index contributed by atoms with van der Waals surface area (Å²) in [6, 6.07) is 1.09. The first-order valence-corrected chi connectivity index (χ1v) is 4.07. The summed E-state index contributed by atoms with van der Waals surface area (Å²) in [4.78, 5) is 2.38. The maximum atomic E-state index is 5.90. The molecule has 2 nitrogen and oxygen atoms in total. The zero-order valence-corrected chi connectivity index (χ0v) is 7.17. The fourth-order valence-corrected chi connectivity index (χ4v) is 1.58. The molecule has 1 rings (SSSR count). The quantitative estimate of drug-likeness (QED) is 0.539. The Bertz CT molecular complexity index is 87.8. The molecule has 3 atom stereocenters. The molecule has 0 unspecified atom stereocenters. The van der Waals surface area contributed by atoms with Crippen molar-refractivity contribution in [2.75, 3.05) is 13.6 Å². The predicted molar refractivity (Wildman–Crippen MR) is 43.8 cm³/mol. The van der Waals surface area contributed by atoms with Crippen LogP contribution in [0.2, 0.25) is 0 Å². The molecular weight excluding hydrogens is 124 g/mol. The molecule has 0 radical (unpaired) electrons. The Balaban J connectivity index is 2.46. The fourth-order valence-electron chi connectivity index (χ4n) is 1.58. The second-order valence-corrected chi connectivity index (χ2v) is 3.67.